The van der Waals surface area contributed by atoms with Crippen LogP contribution < -0.4 is 43.0 Å². The van der Waals surface area contributed by atoms with E-state index in [0.717, 1.165) is 24.2 Å². The number of carbonyl (C=O) groups is 2. The van der Waals surface area contributed by atoms with Gasteiger partial charge in [0.25, 0.3) is 22.9 Å². The highest BCUT2D eigenvalue weighted by Gasteiger charge is 2.40. The fourth-order valence-corrected chi connectivity index (χ4v) is 7.46. The molecule has 2 fully saturated rings. The number of rotatable bonds is 14. The number of nitrogens with one attached hydrogen (secondary N) is 6. The van der Waals surface area contributed by atoms with Gasteiger partial charge in [-0.25, -0.2) is 9.97 Å². The van der Waals surface area contributed by atoms with Crippen molar-refractivity contribution in [1.29, 1.82) is 0 Å². The van der Waals surface area contributed by atoms with Crippen molar-refractivity contribution in [3.05, 3.63) is 141 Å². The molecule has 8 aromatic heterocycles. The summed E-state index contributed by atoms with van der Waals surface area (Å²) in [5, 5.41) is 26.8. The van der Waals surface area contributed by atoms with Crippen molar-refractivity contribution < 1.29 is 19.1 Å². The number of pyridine rings is 4. The fourth-order valence-electron chi connectivity index (χ4n) is 7.46. The Labute approximate surface area is 387 Å². The van der Waals surface area contributed by atoms with Crippen molar-refractivity contribution in [2.24, 2.45) is 0 Å². The molecule has 0 spiro atoms. The lowest BCUT2D eigenvalue weighted by molar-refractivity contribution is 0.0929. The minimum Gasteiger partial charge on any atom is -0.379 e. The highest BCUT2D eigenvalue weighted by atomic mass is 16.5. The van der Waals surface area contributed by atoms with Gasteiger partial charge in [0, 0.05) is 64.2 Å². The minimum absolute atomic E-state index is 0.0171. The molecule has 0 aliphatic heterocycles. The van der Waals surface area contributed by atoms with E-state index in [4.69, 9.17) is 9.47 Å². The summed E-state index contributed by atoms with van der Waals surface area (Å²) in [7, 11) is 6.73. The van der Waals surface area contributed by atoms with Crippen LogP contribution in [0.4, 0.5) is 34.6 Å². The van der Waals surface area contributed by atoms with Crippen molar-refractivity contribution in [1.82, 2.24) is 58.9 Å². The van der Waals surface area contributed by atoms with Crippen LogP contribution in [-0.4, -0.2) is 113 Å². The molecule has 8 aromatic rings. The largest absolute Gasteiger partial charge is 0.379 e. The van der Waals surface area contributed by atoms with Crippen LogP contribution in [0.15, 0.2) is 107 Å². The fraction of sp³-hybridized carbons (Fsp3) is 0.261. The van der Waals surface area contributed by atoms with Gasteiger partial charge in [-0.05, 0) is 75.2 Å². The highest BCUT2D eigenvalue weighted by Crippen LogP contribution is 2.28. The molecule has 0 aromatic carbocycles. The summed E-state index contributed by atoms with van der Waals surface area (Å²) in [6.07, 6.45) is 11.2. The zero-order chi connectivity index (χ0) is 47.6. The van der Waals surface area contributed by atoms with E-state index < -0.39 is 0 Å². The third-order valence-electron chi connectivity index (χ3n) is 11.4. The second kappa shape index (κ2) is 18.8. The van der Waals surface area contributed by atoms with Gasteiger partial charge >= 0.3 is 0 Å². The van der Waals surface area contributed by atoms with E-state index >= 15 is 0 Å². The average Bonchev–Trinajstić information content (AvgIpc) is 4.18. The molecule has 68 heavy (non-hydrogen) atoms. The summed E-state index contributed by atoms with van der Waals surface area (Å²) < 4.78 is 16.6. The molecule has 10 rings (SSSR count). The van der Waals surface area contributed by atoms with E-state index in [0.29, 0.717) is 68.4 Å². The molecule has 6 N–H and O–H groups in total. The van der Waals surface area contributed by atoms with E-state index in [1.54, 1.807) is 98.5 Å². The monoisotopic (exact) mass is 920 g/mol. The predicted octanol–water partition coefficient (Wildman–Crippen LogP) is 3.77. The van der Waals surface area contributed by atoms with E-state index in [-0.39, 0.29) is 47.2 Å². The Morgan fingerprint density at radius 2 is 1.04 bits per heavy atom. The van der Waals surface area contributed by atoms with Crippen LogP contribution in [0, 0.1) is 13.8 Å². The summed E-state index contributed by atoms with van der Waals surface area (Å²) in [4.78, 5) is 69.6. The second-order valence-electron chi connectivity index (χ2n) is 16.1. The molecule has 2 saturated carbocycles. The lowest BCUT2D eigenvalue weighted by Crippen LogP contribution is -2.28. The molecule has 348 valence electrons. The maximum atomic E-state index is 13.1. The average molecular weight is 921 g/mol. The molecular formula is C46H48N16O6. The Morgan fingerprint density at radius 3 is 1.40 bits per heavy atom. The van der Waals surface area contributed by atoms with E-state index in [2.05, 4.69) is 62.0 Å². The lowest BCUT2D eigenvalue weighted by Gasteiger charge is -2.12. The van der Waals surface area contributed by atoms with Gasteiger partial charge in [-0.15, -0.1) is 0 Å². The summed E-state index contributed by atoms with van der Waals surface area (Å²) in [5.74, 6) is 1.44. The Hall–Kier alpha value is -8.50. The number of fused-ring (bicyclic) bond motifs is 2. The molecule has 8 heterocycles. The quantitative estimate of drug-likeness (QED) is 0.0908. The standard InChI is InChI=1S/2C23H24N8O3/c2*1-13-6-7-14(11-25-13)30-8-4-5-16(23(30)33)27-19-10-20(24-2)31-21(29-19)15(12-26-31)22(32)28-17-9-18(17)34-3/h2*4-8,10-12,17-18,24H,9H2,1-3H3,(H,27,29)(H,28,32)/t2*17-,18-/m10/s1. The van der Waals surface area contributed by atoms with Crippen LogP contribution in [0.25, 0.3) is 22.7 Å². The van der Waals surface area contributed by atoms with Crippen LogP contribution >= 0.6 is 0 Å². The van der Waals surface area contributed by atoms with Gasteiger partial charge in [-0.1, -0.05) is 0 Å². The van der Waals surface area contributed by atoms with Gasteiger partial charge in [-0.3, -0.25) is 38.3 Å². The molecule has 0 radical (unpaired) electrons. The number of hydrogen-bond acceptors (Lipinski definition) is 16. The maximum absolute atomic E-state index is 13.1. The van der Waals surface area contributed by atoms with Gasteiger partial charge in [0.05, 0.1) is 60.5 Å². The Balaban J connectivity index is 0.000000170. The number of methoxy groups -OCH3 is 2. The number of aromatic nitrogens is 10. The molecule has 0 unspecified atom stereocenters. The maximum Gasteiger partial charge on any atom is 0.278 e. The molecule has 0 bridgehead atoms. The van der Waals surface area contributed by atoms with Crippen LogP contribution in [0.2, 0.25) is 0 Å². The summed E-state index contributed by atoms with van der Waals surface area (Å²) in [5.41, 5.74) is 4.56. The van der Waals surface area contributed by atoms with Crippen molar-refractivity contribution in [3.63, 3.8) is 0 Å². The van der Waals surface area contributed by atoms with Crippen molar-refractivity contribution in [3.8, 4) is 11.4 Å². The first-order valence-electron chi connectivity index (χ1n) is 21.6. The SMILES string of the molecule is CNc1cc(Nc2cccn(-c3ccc(C)nc3)c2=O)nc2c(C(=O)N[C@@H]3C[C@H]3OC)cnn12.CNc1cc(Nc2cccn(-c3ccc(C)nc3)c2=O)nc2c(C(=O)N[C@H]3C[C@@H]3OC)cnn12. The predicted molar refractivity (Wildman–Crippen MR) is 254 cm³/mol. The zero-order valence-electron chi connectivity index (χ0n) is 37.9. The van der Waals surface area contributed by atoms with Gasteiger partial charge < -0.3 is 41.4 Å². The Bertz CT molecular complexity index is 3070. The second-order valence-corrected chi connectivity index (χ2v) is 16.1. The number of ether oxygens (including phenoxy) is 2. The number of anilines is 6. The van der Waals surface area contributed by atoms with Crippen LogP contribution in [0.3, 0.4) is 0 Å². The molecule has 0 saturated heterocycles. The topological polar surface area (TPSA) is 255 Å². The Morgan fingerprint density at radius 1 is 0.618 bits per heavy atom. The number of carbonyl (C=O) groups excluding carboxylic acids is 2. The number of amides is 2. The van der Waals surface area contributed by atoms with Crippen LogP contribution in [0.5, 0.6) is 0 Å². The Kier molecular flexibility index (Phi) is 12.3. The van der Waals surface area contributed by atoms with Crippen molar-refractivity contribution >= 4 is 57.8 Å². The van der Waals surface area contributed by atoms with Gasteiger partial charge in [-0.2, -0.15) is 19.2 Å². The zero-order valence-corrected chi connectivity index (χ0v) is 37.9. The highest BCUT2D eigenvalue weighted by molar-refractivity contribution is 6.01. The molecule has 22 heteroatoms. The molecular weight excluding hydrogens is 873 g/mol. The van der Waals surface area contributed by atoms with E-state index in [1.165, 1.54) is 21.5 Å². The first-order valence-corrected chi connectivity index (χ1v) is 21.6. The summed E-state index contributed by atoms with van der Waals surface area (Å²) in [6, 6.07) is 17.6. The van der Waals surface area contributed by atoms with E-state index in [9.17, 15) is 19.2 Å². The molecule has 4 atom stereocenters. The van der Waals surface area contributed by atoms with Crippen LogP contribution in [0.1, 0.15) is 44.9 Å². The summed E-state index contributed by atoms with van der Waals surface area (Å²) >= 11 is 0. The van der Waals surface area contributed by atoms with Gasteiger partial charge in [0.15, 0.2) is 11.3 Å². The van der Waals surface area contributed by atoms with Crippen molar-refractivity contribution in [2.75, 3.05) is 49.6 Å². The first-order chi connectivity index (χ1) is 33.0. The van der Waals surface area contributed by atoms with Gasteiger partial charge in [0.1, 0.15) is 45.8 Å². The van der Waals surface area contributed by atoms with Gasteiger partial charge in [0.2, 0.25) is 0 Å². The number of aryl methyl sites for hydroxylation is 2. The minimum atomic E-state index is -0.278. The van der Waals surface area contributed by atoms with Crippen molar-refractivity contribution in [2.45, 2.75) is 51.0 Å². The number of nitrogens with zero attached hydrogens (tertiary/aromatic N) is 10. The third-order valence-corrected chi connectivity index (χ3v) is 11.4. The van der Waals surface area contributed by atoms with Crippen LogP contribution in [-0.2, 0) is 9.47 Å². The number of hydrogen-bond donors (Lipinski definition) is 6. The molecule has 2 aliphatic rings. The molecule has 2 aliphatic carbocycles. The summed E-state index contributed by atoms with van der Waals surface area (Å²) in [6.45, 7) is 3.77. The smallest absolute Gasteiger partial charge is 0.278 e. The molecule has 2 amide bonds. The first kappa shape index (κ1) is 44.7. The normalized spacial score (nSPS) is 16.9. The molecule has 22 nitrogen and oxygen atoms in total. The van der Waals surface area contributed by atoms with E-state index in [1.807, 2.05) is 38.1 Å². The lowest BCUT2D eigenvalue weighted by atomic mass is 10.3. The third kappa shape index (κ3) is 9.17.